The molecule has 0 bridgehead atoms. The fourth-order valence-corrected chi connectivity index (χ4v) is 1.31. The van der Waals surface area contributed by atoms with Crippen LogP contribution >= 0.6 is 0 Å². The molecule has 0 radical (unpaired) electrons. The van der Waals surface area contributed by atoms with E-state index in [1.807, 2.05) is 0 Å². The van der Waals surface area contributed by atoms with E-state index in [-0.39, 0.29) is 0 Å². The maximum absolute atomic E-state index is 5.58. The molecule has 0 aromatic rings. The molecule has 0 saturated carbocycles. The highest BCUT2D eigenvalue weighted by Crippen LogP contribution is 2.01. The molecule has 0 aromatic heterocycles. The lowest BCUT2D eigenvalue weighted by Crippen LogP contribution is -2.33. The van der Waals surface area contributed by atoms with Crippen LogP contribution in [0.4, 0.5) is 0 Å². The molecule has 0 aromatic carbocycles. The predicted molar refractivity (Wildman–Crippen MR) is 53.5 cm³/mol. The third-order valence-corrected chi connectivity index (χ3v) is 2.21. The van der Waals surface area contributed by atoms with Crippen molar-refractivity contribution in [3.8, 4) is 0 Å². The lowest BCUT2D eigenvalue weighted by Gasteiger charge is -2.24. The molecular formula is C10H23NO. The fourth-order valence-electron chi connectivity index (χ4n) is 1.31. The molecule has 0 N–H and O–H groups in total. The summed E-state index contributed by atoms with van der Waals surface area (Å²) in [5.41, 5.74) is 0. The van der Waals surface area contributed by atoms with Crippen LogP contribution in [-0.4, -0.2) is 37.2 Å². The summed E-state index contributed by atoms with van der Waals surface area (Å²) in [6.07, 6.45) is 1.54. The SMILES string of the molecule is CCOC(CC)CN(CC)CC. The number of likely N-dealkylation sites (N-methyl/N-ethyl adjacent to an activating group) is 1. The first-order chi connectivity index (χ1) is 5.78. The zero-order valence-electron chi connectivity index (χ0n) is 8.97. The zero-order valence-corrected chi connectivity index (χ0v) is 8.97. The molecule has 1 atom stereocenters. The number of hydrogen-bond donors (Lipinski definition) is 0. The maximum atomic E-state index is 5.58. The molecular weight excluding hydrogens is 150 g/mol. The van der Waals surface area contributed by atoms with Gasteiger partial charge >= 0.3 is 0 Å². The molecule has 0 spiro atoms. The van der Waals surface area contributed by atoms with Crippen LogP contribution in [0.2, 0.25) is 0 Å². The first kappa shape index (κ1) is 11.9. The Balaban J connectivity index is 3.65. The second-order valence-corrected chi connectivity index (χ2v) is 2.97. The van der Waals surface area contributed by atoms with E-state index in [1.165, 1.54) is 0 Å². The van der Waals surface area contributed by atoms with Crippen molar-refractivity contribution in [1.29, 1.82) is 0 Å². The minimum atomic E-state index is 0.426. The highest BCUT2D eigenvalue weighted by molar-refractivity contribution is 4.62. The van der Waals surface area contributed by atoms with E-state index in [0.29, 0.717) is 6.10 Å². The van der Waals surface area contributed by atoms with Gasteiger partial charge in [-0.2, -0.15) is 0 Å². The number of nitrogens with zero attached hydrogens (tertiary/aromatic N) is 1. The van der Waals surface area contributed by atoms with Crippen molar-refractivity contribution in [3.63, 3.8) is 0 Å². The van der Waals surface area contributed by atoms with Crippen LogP contribution in [0.1, 0.15) is 34.1 Å². The average molecular weight is 173 g/mol. The Labute approximate surface area is 76.9 Å². The number of ether oxygens (including phenoxy) is 1. The van der Waals surface area contributed by atoms with Crippen molar-refractivity contribution in [2.45, 2.75) is 40.2 Å². The summed E-state index contributed by atoms with van der Waals surface area (Å²) in [5, 5.41) is 0. The molecule has 74 valence electrons. The van der Waals surface area contributed by atoms with E-state index in [0.717, 1.165) is 32.7 Å². The van der Waals surface area contributed by atoms with Crippen LogP contribution in [-0.2, 0) is 4.74 Å². The Bertz CT molecular complexity index is 91.8. The van der Waals surface area contributed by atoms with Crippen molar-refractivity contribution in [2.75, 3.05) is 26.2 Å². The fraction of sp³-hybridized carbons (Fsp3) is 1.00. The van der Waals surface area contributed by atoms with Gasteiger partial charge in [0.1, 0.15) is 0 Å². The van der Waals surface area contributed by atoms with Crippen LogP contribution in [0.3, 0.4) is 0 Å². The maximum Gasteiger partial charge on any atom is 0.0699 e. The van der Waals surface area contributed by atoms with E-state index in [4.69, 9.17) is 4.74 Å². The Morgan fingerprint density at radius 3 is 2.00 bits per heavy atom. The quantitative estimate of drug-likeness (QED) is 0.585. The molecule has 2 nitrogen and oxygen atoms in total. The monoisotopic (exact) mass is 173 g/mol. The van der Waals surface area contributed by atoms with E-state index in [9.17, 15) is 0 Å². The van der Waals surface area contributed by atoms with Gasteiger partial charge in [0.15, 0.2) is 0 Å². The molecule has 0 aliphatic heterocycles. The van der Waals surface area contributed by atoms with Gasteiger partial charge in [-0.25, -0.2) is 0 Å². The van der Waals surface area contributed by atoms with Crippen LogP contribution < -0.4 is 0 Å². The van der Waals surface area contributed by atoms with Crippen LogP contribution in [0.5, 0.6) is 0 Å². The van der Waals surface area contributed by atoms with Gasteiger partial charge in [-0.1, -0.05) is 20.8 Å². The summed E-state index contributed by atoms with van der Waals surface area (Å²) in [6.45, 7) is 12.8. The highest BCUT2D eigenvalue weighted by atomic mass is 16.5. The lowest BCUT2D eigenvalue weighted by atomic mass is 10.2. The van der Waals surface area contributed by atoms with Crippen LogP contribution in [0.25, 0.3) is 0 Å². The van der Waals surface area contributed by atoms with Crippen molar-refractivity contribution in [1.82, 2.24) is 4.90 Å². The molecule has 0 saturated heterocycles. The molecule has 12 heavy (non-hydrogen) atoms. The summed E-state index contributed by atoms with van der Waals surface area (Å²) in [5.74, 6) is 0. The molecule has 1 unspecified atom stereocenters. The van der Waals surface area contributed by atoms with Crippen LogP contribution in [0, 0.1) is 0 Å². The molecule has 0 rings (SSSR count). The standard InChI is InChI=1S/C10H23NO/c1-5-10(12-8-4)9-11(6-2)7-3/h10H,5-9H2,1-4H3. The minimum Gasteiger partial charge on any atom is -0.377 e. The van der Waals surface area contributed by atoms with Crippen molar-refractivity contribution in [2.24, 2.45) is 0 Å². The summed E-state index contributed by atoms with van der Waals surface area (Å²) < 4.78 is 5.58. The predicted octanol–water partition coefficient (Wildman–Crippen LogP) is 2.14. The second-order valence-electron chi connectivity index (χ2n) is 2.97. The Morgan fingerprint density at radius 2 is 1.67 bits per heavy atom. The van der Waals surface area contributed by atoms with E-state index in [1.54, 1.807) is 0 Å². The van der Waals surface area contributed by atoms with Gasteiger partial charge in [-0.05, 0) is 26.4 Å². The van der Waals surface area contributed by atoms with Gasteiger partial charge in [0, 0.05) is 13.2 Å². The normalized spacial score (nSPS) is 13.8. The molecule has 0 heterocycles. The van der Waals surface area contributed by atoms with Crippen LogP contribution in [0.15, 0.2) is 0 Å². The smallest absolute Gasteiger partial charge is 0.0699 e. The zero-order chi connectivity index (χ0) is 9.40. The van der Waals surface area contributed by atoms with Gasteiger partial charge in [-0.15, -0.1) is 0 Å². The third-order valence-electron chi connectivity index (χ3n) is 2.21. The lowest BCUT2D eigenvalue weighted by molar-refractivity contribution is 0.0336. The Kier molecular flexibility index (Phi) is 7.51. The highest BCUT2D eigenvalue weighted by Gasteiger charge is 2.09. The van der Waals surface area contributed by atoms with Gasteiger partial charge in [0.05, 0.1) is 6.10 Å². The van der Waals surface area contributed by atoms with Gasteiger partial charge in [0.25, 0.3) is 0 Å². The largest absolute Gasteiger partial charge is 0.377 e. The molecule has 0 amide bonds. The Hall–Kier alpha value is -0.0800. The molecule has 2 heteroatoms. The summed E-state index contributed by atoms with van der Waals surface area (Å²) in [4.78, 5) is 2.41. The van der Waals surface area contributed by atoms with Gasteiger partial charge in [-0.3, -0.25) is 0 Å². The van der Waals surface area contributed by atoms with E-state index < -0.39 is 0 Å². The summed E-state index contributed by atoms with van der Waals surface area (Å²) >= 11 is 0. The number of rotatable bonds is 7. The van der Waals surface area contributed by atoms with Gasteiger partial charge in [0.2, 0.25) is 0 Å². The first-order valence-corrected chi connectivity index (χ1v) is 5.12. The van der Waals surface area contributed by atoms with E-state index in [2.05, 4.69) is 32.6 Å². The molecule has 0 fully saturated rings. The average Bonchev–Trinajstić information content (AvgIpc) is 2.12. The topological polar surface area (TPSA) is 12.5 Å². The van der Waals surface area contributed by atoms with Crippen molar-refractivity contribution < 1.29 is 4.74 Å². The second kappa shape index (κ2) is 7.56. The first-order valence-electron chi connectivity index (χ1n) is 5.12. The van der Waals surface area contributed by atoms with E-state index >= 15 is 0 Å². The number of hydrogen-bond acceptors (Lipinski definition) is 2. The minimum absolute atomic E-state index is 0.426. The van der Waals surface area contributed by atoms with Crippen molar-refractivity contribution in [3.05, 3.63) is 0 Å². The molecule has 0 aliphatic rings. The van der Waals surface area contributed by atoms with Gasteiger partial charge < -0.3 is 9.64 Å². The Morgan fingerprint density at radius 1 is 1.08 bits per heavy atom. The summed E-state index contributed by atoms with van der Waals surface area (Å²) in [6, 6.07) is 0. The van der Waals surface area contributed by atoms with Crippen molar-refractivity contribution >= 4 is 0 Å². The summed E-state index contributed by atoms with van der Waals surface area (Å²) in [7, 11) is 0. The molecule has 0 aliphatic carbocycles. The third kappa shape index (κ3) is 4.73.